The number of carboxylic acids is 1. The number of aromatic carboxylic acids is 1. The first-order valence-corrected chi connectivity index (χ1v) is 6.52. The molecule has 0 atom stereocenters. The number of rotatable bonds is 3. The molecule has 1 aromatic heterocycles. The number of hydrogen-bond donors (Lipinski definition) is 1. The highest BCUT2D eigenvalue weighted by Crippen LogP contribution is 2.20. The van der Waals surface area contributed by atoms with Gasteiger partial charge in [-0.3, -0.25) is 0 Å². The zero-order valence-electron chi connectivity index (χ0n) is 11.2. The monoisotopic (exact) mass is 265 g/mol. The van der Waals surface area contributed by atoms with Crippen molar-refractivity contribution >= 4 is 16.9 Å². The second-order valence-corrected chi connectivity index (χ2v) is 4.95. The van der Waals surface area contributed by atoms with E-state index in [0.717, 1.165) is 12.1 Å². The van der Waals surface area contributed by atoms with Gasteiger partial charge in [0.2, 0.25) is 0 Å². The summed E-state index contributed by atoms with van der Waals surface area (Å²) >= 11 is 0. The van der Waals surface area contributed by atoms with Crippen molar-refractivity contribution in [3.05, 3.63) is 71.4 Å². The topological polar surface area (TPSA) is 42.2 Å². The van der Waals surface area contributed by atoms with E-state index in [4.69, 9.17) is 5.11 Å². The molecule has 2 aromatic carbocycles. The Morgan fingerprint density at radius 1 is 1.10 bits per heavy atom. The van der Waals surface area contributed by atoms with Crippen molar-refractivity contribution in [1.29, 1.82) is 0 Å². The van der Waals surface area contributed by atoms with Crippen LogP contribution in [0.1, 0.15) is 21.5 Å². The molecule has 3 rings (SSSR count). The van der Waals surface area contributed by atoms with Gasteiger partial charge in [0.05, 0.1) is 5.56 Å². The van der Waals surface area contributed by atoms with E-state index in [9.17, 15) is 4.79 Å². The fraction of sp³-hybridized carbons (Fsp3) is 0.118. The molecule has 0 aliphatic carbocycles. The number of aromatic nitrogens is 1. The van der Waals surface area contributed by atoms with E-state index < -0.39 is 5.97 Å². The number of carboxylic acid groups (broad SMARTS) is 1. The lowest BCUT2D eigenvalue weighted by molar-refractivity contribution is 0.0697. The molecule has 0 unspecified atom stereocenters. The van der Waals surface area contributed by atoms with E-state index in [1.165, 1.54) is 16.5 Å². The van der Waals surface area contributed by atoms with Gasteiger partial charge in [-0.2, -0.15) is 0 Å². The Balaban J connectivity index is 1.93. The first-order chi connectivity index (χ1) is 9.65. The summed E-state index contributed by atoms with van der Waals surface area (Å²) in [4.78, 5) is 10.8. The van der Waals surface area contributed by atoms with Gasteiger partial charge in [-0.05, 0) is 42.3 Å². The number of nitrogens with zero attached hydrogens (tertiary/aromatic N) is 1. The summed E-state index contributed by atoms with van der Waals surface area (Å²) in [5, 5.41) is 10.2. The first kappa shape index (κ1) is 12.5. The molecule has 0 fully saturated rings. The molecule has 3 nitrogen and oxygen atoms in total. The maximum Gasteiger partial charge on any atom is 0.335 e. The van der Waals surface area contributed by atoms with Crippen LogP contribution in [0.4, 0.5) is 0 Å². The van der Waals surface area contributed by atoms with Crippen molar-refractivity contribution in [2.45, 2.75) is 13.5 Å². The Hall–Kier alpha value is -2.55. The van der Waals surface area contributed by atoms with E-state index in [1.54, 1.807) is 12.1 Å². The van der Waals surface area contributed by atoms with Gasteiger partial charge < -0.3 is 9.67 Å². The molecule has 0 bridgehead atoms. The van der Waals surface area contributed by atoms with Crippen LogP contribution in [0.25, 0.3) is 10.9 Å². The maximum absolute atomic E-state index is 10.8. The van der Waals surface area contributed by atoms with Crippen molar-refractivity contribution in [1.82, 2.24) is 4.57 Å². The third kappa shape index (κ3) is 2.18. The Kier molecular flexibility index (Phi) is 3.03. The summed E-state index contributed by atoms with van der Waals surface area (Å²) < 4.78 is 2.18. The maximum atomic E-state index is 10.8. The van der Waals surface area contributed by atoms with Crippen LogP contribution in [-0.4, -0.2) is 15.6 Å². The second kappa shape index (κ2) is 4.85. The molecule has 0 saturated heterocycles. The van der Waals surface area contributed by atoms with E-state index in [2.05, 4.69) is 42.0 Å². The first-order valence-electron chi connectivity index (χ1n) is 6.52. The van der Waals surface area contributed by atoms with Crippen LogP contribution in [0.3, 0.4) is 0 Å². The average molecular weight is 265 g/mol. The van der Waals surface area contributed by atoms with Crippen LogP contribution < -0.4 is 0 Å². The Morgan fingerprint density at radius 3 is 2.55 bits per heavy atom. The molecule has 20 heavy (non-hydrogen) atoms. The second-order valence-electron chi connectivity index (χ2n) is 4.95. The van der Waals surface area contributed by atoms with Gasteiger partial charge >= 0.3 is 5.97 Å². The third-order valence-corrected chi connectivity index (χ3v) is 3.59. The third-order valence-electron chi connectivity index (χ3n) is 3.59. The Morgan fingerprint density at radius 2 is 1.85 bits per heavy atom. The van der Waals surface area contributed by atoms with Gasteiger partial charge in [0, 0.05) is 23.6 Å². The number of aryl methyl sites for hydroxylation is 1. The number of fused-ring (bicyclic) bond motifs is 1. The summed E-state index contributed by atoms with van der Waals surface area (Å²) in [6, 6.07) is 15.4. The standard InChI is InChI=1S/C17H15NO2/c1-12-3-2-4-16-15(12)9-10-18(16)11-13-5-7-14(8-6-13)17(19)20/h2-10H,11H2,1H3,(H,19,20). The molecule has 3 aromatic rings. The predicted molar refractivity (Wildman–Crippen MR) is 79.2 cm³/mol. The van der Waals surface area contributed by atoms with Gasteiger partial charge in [-0.1, -0.05) is 24.3 Å². The highest BCUT2D eigenvalue weighted by atomic mass is 16.4. The lowest BCUT2D eigenvalue weighted by atomic mass is 10.1. The van der Waals surface area contributed by atoms with Crippen LogP contribution in [0.15, 0.2) is 54.7 Å². The highest BCUT2D eigenvalue weighted by molar-refractivity contribution is 5.87. The highest BCUT2D eigenvalue weighted by Gasteiger charge is 2.05. The van der Waals surface area contributed by atoms with Gasteiger partial charge in [0.1, 0.15) is 0 Å². The minimum absolute atomic E-state index is 0.321. The molecule has 1 N–H and O–H groups in total. The predicted octanol–water partition coefficient (Wildman–Crippen LogP) is 3.70. The van der Waals surface area contributed by atoms with Crippen LogP contribution in [0.2, 0.25) is 0 Å². The molecule has 1 heterocycles. The van der Waals surface area contributed by atoms with Crippen molar-refractivity contribution < 1.29 is 9.90 Å². The number of hydrogen-bond acceptors (Lipinski definition) is 1. The van der Waals surface area contributed by atoms with Crippen molar-refractivity contribution in [2.24, 2.45) is 0 Å². The van der Waals surface area contributed by atoms with E-state index >= 15 is 0 Å². The zero-order chi connectivity index (χ0) is 14.1. The molecular weight excluding hydrogens is 250 g/mol. The van der Waals surface area contributed by atoms with Crippen molar-refractivity contribution in [3.8, 4) is 0 Å². The summed E-state index contributed by atoms with van der Waals surface area (Å²) in [6.07, 6.45) is 2.07. The fourth-order valence-electron chi connectivity index (χ4n) is 2.46. The Labute approximate surface area is 117 Å². The molecular formula is C17H15NO2. The lowest BCUT2D eigenvalue weighted by Crippen LogP contribution is -2.00. The quantitative estimate of drug-likeness (QED) is 0.784. The summed E-state index contributed by atoms with van der Waals surface area (Å²) in [5.74, 6) is -0.890. The van der Waals surface area contributed by atoms with Crippen molar-refractivity contribution in [2.75, 3.05) is 0 Å². The van der Waals surface area contributed by atoms with Crippen LogP contribution in [-0.2, 0) is 6.54 Å². The Bertz CT molecular complexity index is 769. The van der Waals surface area contributed by atoms with E-state index in [-0.39, 0.29) is 0 Å². The number of benzene rings is 2. The molecule has 100 valence electrons. The van der Waals surface area contributed by atoms with Gasteiger partial charge in [0.25, 0.3) is 0 Å². The minimum Gasteiger partial charge on any atom is -0.478 e. The van der Waals surface area contributed by atoms with Crippen LogP contribution in [0, 0.1) is 6.92 Å². The van der Waals surface area contributed by atoms with Crippen LogP contribution in [0.5, 0.6) is 0 Å². The van der Waals surface area contributed by atoms with Gasteiger partial charge in [-0.15, -0.1) is 0 Å². The van der Waals surface area contributed by atoms with Gasteiger partial charge in [0.15, 0.2) is 0 Å². The minimum atomic E-state index is -0.890. The molecule has 0 saturated carbocycles. The molecule has 0 spiro atoms. The molecule has 0 radical (unpaired) electrons. The number of carbonyl (C=O) groups is 1. The SMILES string of the molecule is Cc1cccc2c1ccn2Cc1ccc(C(=O)O)cc1. The smallest absolute Gasteiger partial charge is 0.335 e. The fourth-order valence-corrected chi connectivity index (χ4v) is 2.46. The van der Waals surface area contributed by atoms with Crippen LogP contribution >= 0.6 is 0 Å². The largest absolute Gasteiger partial charge is 0.478 e. The lowest BCUT2D eigenvalue weighted by Gasteiger charge is -2.07. The molecule has 0 amide bonds. The summed E-state index contributed by atoms with van der Waals surface area (Å²) in [7, 11) is 0. The average Bonchev–Trinajstić information content (AvgIpc) is 2.84. The van der Waals surface area contributed by atoms with Gasteiger partial charge in [-0.25, -0.2) is 4.79 Å². The molecule has 3 heteroatoms. The molecule has 0 aliphatic heterocycles. The summed E-state index contributed by atoms with van der Waals surface area (Å²) in [5.41, 5.74) is 3.88. The van der Waals surface area contributed by atoms with E-state index in [0.29, 0.717) is 5.56 Å². The van der Waals surface area contributed by atoms with Crippen molar-refractivity contribution in [3.63, 3.8) is 0 Å². The zero-order valence-corrected chi connectivity index (χ0v) is 11.2. The van der Waals surface area contributed by atoms with E-state index in [1.807, 2.05) is 12.1 Å². The molecule has 0 aliphatic rings. The summed E-state index contributed by atoms with van der Waals surface area (Å²) in [6.45, 7) is 2.85. The normalized spacial score (nSPS) is 10.8.